The Labute approximate surface area is 98.6 Å². The zero-order valence-electron chi connectivity index (χ0n) is 10.5. The molecule has 2 atom stereocenters. The van der Waals surface area contributed by atoms with E-state index in [-0.39, 0.29) is 5.92 Å². The summed E-state index contributed by atoms with van der Waals surface area (Å²) in [5, 5.41) is 3.41. The molecule has 0 aromatic rings. The molecule has 16 heavy (non-hydrogen) atoms. The van der Waals surface area contributed by atoms with Crippen molar-refractivity contribution in [3.63, 3.8) is 0 Å². The van der Waals surface area contributed by atoms with Crippen LogP contribution in [-0.4, -0.2) is 36.5 Å². The maximum Gasteiger partial charge on any atom is 0.225 e. The SMILES string of the molecule is CC1CCN(C(=O)C2CCNC(C)C2)CC1. The molecule has 0 aliphatic carbocycles. The van der Waals surface area contributed by atoms with Crippen LogP contribution in [0, 0.1) is 11.8 Å². The molecule has 2 unspecified atom stereocenters. The third-order valence-corrected chi connectivity index (χ3v) is 4.07. The van der Waals surface area contributed by atoms with E-state index in [9.17, 15) is 4.79 Å². The molecular formula is C13H24N2O. The molecule has 3 nitrogen and oxygen atoms in total. The van der Waals surface area contributed by atoms with E-state index in [1.54, 1.807) is 0 Å². The van der Waals surface area contributed by atoms with Crippen LogP contribution in [-0.2, 0) is 4.79 Å². The number of likely N-dealkylation sites (tertiary alicyclic amines) is 1. The molecule has 2 fully saturated rings. The minimum atomic E-state index is 0.282. The molecule has 0 bridgehead atoms. The van der Waals surface area contributed by atoms with Gasteiger partial charge >= 0.3 is 0 Å². The first-order valence-electron chi connectivity index (χ1n) is 6.69. The van der Waals surface area contributed by atoms with Gasteiger partial charge in [-0.05, 0) is 45.1 Å². The van der Waals surface area contributed by atoms with Crippen molar-refractivity contribution in [1.29, 1.82) is 0 Å². The maximum absolute atomic E-state index is 12.3. The molecule has 2 rings (SSSR count). The number of amides is 1. The van der Waals surface area contributed by atoms with E-state index in [1.807, 2.05) is 0 Å². The fourth-order valence-electron chi connectivity index (χ4n) is 2.84. The van der Waals surface area contributed by atoms with Gasteiger partial charge in [0.2, 0.25) is 5.91 Å². The molecule has 1 amide bonds. The molecule has 1 N–H and O–H groups in total. The van der Waals surface area contributed by atoms with E-state index < -0.39 is 0 Å². The lowest BCUT2D eigenvalue weighted by Crippen LogP contribution is -2.46. The van der Waals surface area contributed by atoms with E-state index in [0.717, 1.165) is 38.4 Å². The summed E-state index contributed by atoms with van der Waals surface area (Å²) in [7, 11) is 0. The highest BCUT2D eigenvalue weighted by molar-refractivity contribution is 5.79. The van der Waals surface area contributed by atoms with Gasteiger partial charge in [-0.15, -0.1) is 0 Å². The number of carbonyl (C=O) groups is 1. The van der Waals surface area contributed by atoms with Gasteiger partial charge in [0.05, 0.1) is 0 Å². The highest BCUT2D eigenvalue weighted by Gasteiger charge is 2.29. The van der Waals surface area contributed by atoms with Gasteiger partial charge < -0.3 is 10.2 Å². The smallest absolute Gasteiger partial charge is 0.225 e. The average Bonchev–Trinajstić information content (AvgIpc) is 2.29. The second-order valence-electron chi connectivity index (χ2n) is 5.58. The predicted octanol–water partition coefficient (Wildman–Crippen LogP) is 1.63. The summed E-state index contributed by atoms with van der Waals surface area (Å²) >= 11 is 0. The third-order valence-electron chi connectivity index (χ3n) is 4.07. The first kappa shape index (κ1) is 11.9. The molecule has 2 aliphatic heterocycles. The maximum atomic E-state index is 12.3. The van der Waals surface area contributed by atoms with Gasteiger partial charge in [0.25, 0.3) is 0 Å². The van der Waals surface area contributed by atoms with Crippen LogP contribution in [0.15, 0.2) is 0 Å². The molecule has 0 aromatic carbocycles. The van der Waals surface area contributed by atoms with Crippen LogP contribution in [0.3, 0.4) is 0 Å². The van der Waals surface area contributed by atoms with Crippen molar-refractivity contribution in [2.75, 3.05) is 19.6 Å². The van der Waals surface area contributed by atoms with Gasteiger partial charge in [0.1, 0.15) is 0 Å². The van der Waals surface area contributed by atoms with Gasteiger partial charge in [-0.3, -0.25) is 4.79 Å². The van der Waals surface area contributed by atoms with Crippen molar-refractivity contribution >= 4 is 5.91 Å². The van der Waals surface area contributed by atoms with E-state index in [0.29, 0.717) is 11.9 Å². The molecule has 92 valence electrons. The summed E-state index contributed by atoms with van der Waals surface area (Å²) in [6.07, 6.45) is 4.42. The van der Waals surface area contributed by atoms with Crippen molar-refractivity contribution in [1.82, 2.24) is 10.2 Å². The summed E-state index contributed by atoms with van der Waals surface area (Å²) in [6, 6.07) is 0.506. The van der Waals surface area contributed by atoms with Gasteiger partial charge in [-0.25, -0.2) is 0 Å². The van der Waals surface area contributed by atoms with Gasteiger partial charge in [-0.1, -0.05) is 6.92 Å². The van der Waals surface area contributed by atoms with E-state index in [4.69, 9.17) is 0 Å². The molecule has 3 heteroatoms. The summed E-state index contributed by atoms with van der Waals surface area (Å²) in [5.74, 6) is 1.50. The normalized spacial score (nSPS) is 32.8. The Morgan fingerprint density at radius 2 is 1.88 bits per heavy atom. The number of nitrogens with one attached hydrogen (secondary N) is 1. The molecule has 2 heterocycles. The quantitative estimate of drug-likeness (QED) is 0.734. The summed E-state index contributed by atoms with van der Waals surface area (Å²) in [4.78, 5) is 14.4. The minimum Gasteiger partial charge on any atom is -0.342 e. The average molecular weight is 224 g/mol. The largest absolute Gasteiger partial charge is 0.342 e. The molecule has 0 spiro atoms. The number of hydrogen-bond acceptors (Lipinski definition) is 2. The molecule has 2 aliphatic rings. The van der Waals surface area contributed by atoms with E-state index in [2.05, 4.69) is 24.1 Å². The van der Waals surface area contributed by atoms with Gasteiger partial charge in [0, 0.05) is 25.0 Å². The number of nitrogens with zero attached hydrogens (tertiary/aromatic N) is 1. The Hall–Kier alpha value is -0.570. The van der Waals surface area contributed by atoms with Crippen molar-refractivity contribution in [3.8, 4) is 0 Å². The lowest BCUT2D eigenvalue weighted by atomic mass is 9.90. The lowest BCUT2D eigenvalue weighted by molar-refractivity contribution is -0.138. The highest BCUT2D eigenvalue weighted by Crippen LogP contribution is 2.22. The van der Waals surface area contributed by atoms with Crippen molar-refractivity contribution in [2.24, 2.45) is 11.8 Å². The van der Waals surface area contributed by atoms with Crippen LogP contribution in [0.2, 0.25) is 0 Å². The first-order valence-corrected chi connectivity index (χ1v) is 6.69. The van der Waals surface area contributed by atoms with Gasteiger partial charge in [0.15, 0.2) is 0 Å². The topological polar surface area (TPSA) is 32.3 Å². The van der Waals surface area contributed by atoms with Crippen LogP contribution in [0.4, 0.5) is 0 Å². The Morgan fingerprint density at radius 3 is 2.50 bits per heavy atom. The zero-order chi connectivity index (χ0) is 11.5. The standard InChI is InChI=1S/C13H24N2O/c1-10-4-7-15(8-5-10)13(16)12-3-6-14-11(2)9-12/h10-12,14H,3-9H2,1-2H3. The van der Waals surface area contributed by atoms with Crippen molar-refractivity contribution < 1.29 is 4.79 Å². The molecule has 0 radical (unpaired) electrons. The zero-order valence-corrected chi connectivity index (χ0v) is 10.5. The Morgan fingerprint density at radius 1 is 1.19 bits per heavy atom. The first-order chi connectivity index (χ1) is 7.66. The Kier molecular flexibility index (Phi) is 3.85. The van der Waals surface area contributed by atoms with Crippen LogP contribution in [0.25, 0.3) is 0 Å². The minimum absolute atomic E-state index is 0.282. The van der Waals surface area contributed by atoms with E-state index in [1.165, 1.54) is 12.8 Å². The molecule has 2 saturated heterocycles. The monoisotopic (exact) mass is 224 g/mol. The lowest BCUT2D eigenvalue weighted by Gasteiger charge is -2.35. The van der Waals surface area contributed by atoms with Crippen LogP contribution in [0.1, 0.15) is 39.5 Å². The van der Waals surface area contributed by atoms with Crippen LogP contribution >= 0.6 is 0 Å². The summed E-state index contributed by atoms with van der Waals surface area (Å²) < 4.78 is 0. The molecule has 0 aromatic heterocycles. The van der Waals surface area contributed by atoms with Crippen LogP contribution < -0.4 is 5.32 Å². The Bertz CT molecular complexity index is 246. The number of rotatable bonds is 1. The fourth-order valence-corrected chi connectivity index (χ4v) is 2.84. The summed E-state index contributed by atoms with van der Waals surface area (Å²) in [6.45, 7) is 7.44. The fraction of sp³-hybridized carbons (Fsp3) is 0.923. The van der Waals surface area contributed by atoms with Crippen LogP contribution in [0.5, 0.6) is 0 Å². The number of carbonyl (C=O) groups excluding carboxylic acids is 1. The molecular weight excluding hydrogens is 200 g/mol. The summed E-state index contributed by atoms with van der Waals surface area (Å²) in [5.41, 5.74) is 0. The second-order valence-corrected chi connectivity index (χ2v) is 5.58. The Balaban J connectivity index is 1.86. The second kappa shape index (κ2) is 5.17. The van der Waals surface area contributed by atoms with Crippen molar-refractivity contribution in [2.45, 2.75) is 45.6 Å². The highest BCUT2D eigenvalue weighted by atomic mass is 16.2. The van der Waals surface area contributed by atoms with Crippen molar-refractivity contribution in [3.05, 3.63) is 0 Å². The van der Waals surface area contributed by atoms with Gasteiger partial charge in [-0.2, -0.15) is 0 Å². The van der Waals surface area contributed by atoms with E-state index >= 15 is 0 Å². The predicted molar refractivity (Wildman–Crippen MR) is 65.2 cm³/mol. The number of piperidine rings is 2. The molecule has 0 saturated carbocycles. The number of hydrogen-bond donors (Lipinski definition) is 1. The third kappa shape index (κ3) is 2.76.